The van der Waals surface area contributed by atoms with E-state index in [2.05, 4.69) is 62.3 Å². The zero-order chi connectivity index (χ0) is 35.3. The van der Waals surface area contributed by atoms with Crippen molar-refractivity contribution in [2.24, 2.45) is 51.8 Å². The fourth-order valence-electron chi connectivity index (χ4n) is 14.3. The maximum absolute atomic E-state index is 7.12. The van der Waals surface area contributed by atoms with Gasteiger partial charge in [-0.3, -0.25) is 0 Å². The third-order valence-electron chi connectivity index (χ3n) is 17.2. The van der Waals surface area contributed by atoms with E-state index >= 15 is 0 Å². The lowest BCUT2D eigenvalue weighted by molar-refractivity contribution is -0.217. The second-order valence-electron chi connectivity index (χ2n) is 20.3. The van der Waals surface area contributed by atoms with Gasteiger partial charge < -0.3 is 18.6 Å². The van der Waals surface area contributed by atoms with Gasteiger partial charge in [-0.15, -0.1) is 0 Å². The molecule has 1 spiro atoms. The molecule has 0 aromatic rings. The highest BCUT2D eigenvalue weighted by molar-refractivity contribution is 6.73. The Balaban J connectivity index is 1.15. The number of hydrogen-bond donors (Lipinski definition) is 0. The molecular formula is C44H80O4Si. The van der Waals surface area contributed by atoms with Crippen LogP contribution in [0.15, 0.2) is 0 Å². The maximum Gasteiger partial charge on any atom is 0.192 e. The summed E-state index contributed by atoms with van der Waals surface area (Å²) in [6.07, 6.45) is 23.2. The van der Waals surface area contributed by atoms with Gasteiger partial charge in [0.15, 0.2) is 14.6 Å². The second-order valence-corrected chi connectivity index (χ2v) is 25.0. The van der Waals surface area contributed by atoms with Crippen molar-refractivity contribution in [3.63, 3.8) is 0 Å². The van der Waals surface area contributed by atoms with Crippen molar-refractivity contribution in [1.29, 1.82) is 0 Å². The Kier molecular flexibility index (Phi) is 11.6. The van der Waals surface area contributed by atoms with Crippen LogP contribution in [0.3, 0.4) is 0 Å². The minimum Gasteiger partial charge on any atom is -0.412 e. The van der Waals surface area contributed by atoms with E-state index in [-0.39, 0.29) is 17.5 Å². The van der Waals surface area contributed by atoms with Crippen LogP contribution in [0, 0.1) is 51.8 Å². The number of methoxy groups -OCH3 is 1. The van der Waals surface area contributed by atoms with Gasteiger partial charge in [0.1, 0.15) is 0 Å². The Morgan fingerprint density at radius 2 is 1.51 bits per heavy atom. The molecule has 49 heavy (non-hydrogen) atoms. The summed E-state index contributed by atoms with van der Waals surface area (Å²) >= 11 is 0. The Labute approximate surface area is 304 Å². The zero-order valence-corrected chi connectivity index (χ0v) is 35.1. The predicted octanol–water partition coefficient (Wildman–Crippen LogP) is 12.3. The maximum atomic E-state index is 7.12. The summed E-state index contributed by atoms with van der Waals surface area (Å²) < 4.78 is 26.2. The van der Waals surface area contributed by atoms with Crippen LogP contribution in [0.5, 0.6) is 0 Å². The first-order valence-corrected chi connectivity index (χ1v) is 24.3. The largest absolute Gasteiger partial charge is 0.412 e. The number of hydrogen-bond acceptors (Lipinski definition) is 4. The Morgan fingerprint density at radius 3 is 2.12 bits per heavy atom. The molecule has 1 saturated heterocycles. The monoisotopic (exact) mass is 701 g/mol. The Hall–Kier alpha value is 0.0569. The highest BCUT2D eigenvalue weighted by atomic mass is 28.4. The van der Waals surface area contributed by atoms with Crippen LogP contribution in [0.2, 0.25) is 18.1 Å². The van der Waals surface area contributed by atoms with E-state index < -0.39 is 8.32 Å². The molecule has 6 aliphatic rings. The third kappa shape index (κ3) is 7.19. The fraction of sp³-hybridized carbons (Fsp3) is 1.00. The lowest BCUT2D eigenvalue weighted by atomic mass is 9.45. The van der Waals surface area contributed by atoms with Crippen molar-refractivity contribution in [2.45, 2.75) is 213 Å². The number of rotatable bonds is 17. The first kappa shape index (κ1) is 38.8. The summed E-state index contributed by atoms with van der Waals surface area (Å²) in [4.78, 5) is 0. The molecule has 5 heteroatoms. The average molecular weight is 701 g/mol. The van der Waals surface area contributed by atoms with Crippen molar-refractivity contribution in [3.8, 4) is 0 Å². The van der Waals surface area contributed by atoms with E-state index in [1.54, 1.807) is 0 Å². The molecule has 1 heterocycles. The van der Waals surface area contributed by atoms with Gasteiger partial charge in [0, 0.05) is 19.1 Å². The first-order valence-electron chi connectivity index (χ1n) is 21.7. The van der Waals surface area contributed by atoms with E-state index in [0.29, 0.717) is 22.3 Å². The molecule has 0 bridgehead atoms. The van der Waals surface area contributed by atoms with Crippen LogP contribution in [-0.2, 0) is 18.6 Å². The molecule has 6 fully saturated rings. The van der Waals surface area contributed by atoms with Crippen molar-refractivity contribution in [2.75, 3.05) is 13.7 Å². The fourth-order valence-corrected chi connectivity index (χ4v) is 17.6. The Bertz CT molecular complexity index is 1090. The molecule has 0 radical (unpaired) electrons. The van der Waals surface area contributed by atoms with Crippen LogP contribution in [-0.4, -0.2) is 45.6 Å². The molecule has 0 aromatic carbocycles. The molecule has 284 valence electrons. The first-order chi connectivity index (χ1) is 23.2. The minimum absolute atomic E-state index is 0.00491. The molecule has 6 rings (SSSR count). The quantitative estimate of drug-likeness (QED) is 0.142. The minimum atomic E-state index is -1.63. The van der Waals surface area contributed by atoms with Gasteiger partial charge >= 0.3 is 0 Å². The lowest BCUT2D eigenvalue weighted by Gasteiger charge is -2.61. The molecule has 0 aromatic heterocycles. The van der Waals surface area contributed by atoms with Crippen LogP contribution in [0.1, 0.15) is 171 Å². The summed E-state index contributed by atoms with van der Waals surface area (Å²) in [6, 6.07) is 3.72. The normalized spacial score (nSPS) is 41.1. The average Bonchev–Trinajstić information content (AvgIpc) is 3.58. The molecular weight excluding hydrogens is 621 g/mol. The topological polar surface area (TPSA) is 36.9 Å². The molecule has 5 aliphatic carbocycles. The molecule has 0 N–H and O–H groups in total. The van der Waals surface area contributed by atoms with Gasteiger partial charge in [0.05, 0.1) is 17.3 Å². The van der Waals surface area contributed by atoms with E-state index in [1.807, 2.05) is 7.11 Å². The van der Waals surface area contributed by atoms with Crippen LogP contribution in [0.4, 0.5) is 0 Å². The van der Waals surface area contributed by atoms with Crippen LogP contribution >= 0.6 is 0 Å². The van der Waals surface area contributed by atoms with Crippen molar-refractivity contribution >= 4 is 8.32 Å². The van der Waals surface area contributed by atoms with Crippen molar-refractivity contribution in [3.05, 3.63) is 0 Å². The van der Waals surface area contributed by atoms with Crippen LogP contribution in [0.25, 0.3) is 0 Å². The molecule has 0 amide bonds. The number of fused-ring (bicyclic) bond motifs is 4. The summed E-state index contributed by atoms with van der Waals surface area (Å²) in [5, 5.41) is 0. The summed E-state index contributed by atoms with van der Waals surface area (Å²) in [5.74, 6) is 5.30. The highest BCUT2D eigenvalue weighted by Gasteiger charge is 2.77. The molecule has 4 nitrogen and oxygen atoms in total. The van der Waals surface area contributed by atoms with E-state index in [9.17, 15) is 0 Å². The number of ether oxygens (including phenoxy) is 3. The SMILES string of the molecule is CC[Si](CC)(CC)OC(C)(C)CCC[C@@H](CCCC(C)(C)OC1CCCCO1)[C@H]1CC[C@H]2[C@@H]3C[C@@H](OC)[C@]45C[C@H]4CC[C@]5(C)[C@H]3CC[C@]12C. The van der Waals surface area contributed by atoms with Crippen molar-refractivity contribution in [1.82, 2.24) is 0 Å². The lowest BCUT2D eigenvalue weighted by Crippen LogP contribution is -2.57. The van der Waals surface area contributed by atoms with Gasteiger partial charge in [-0.1, -0.05) is 60.3 Å². The smallest absolute Gasteiger partial charge is 0.192 e. The van der Waals surface area contributed by atoms with E-state index in [4.69, 9.17) is 18.6 Å². The summed E-state index contributed by atoms with van der Waals surface area (Å²) in [6.45, 7) is 22.9. The standard InChI is InChI=1S/C44H80O4Si/c1-11-49(12-2,13-3)48-41(6,7)26-17-19-32(18-16-25-40(4,5)47-39-20-14-15-29-46-39)35-21-22-36-34-30-38(45-10)44-31-33(44)23-28-43(44,9)37(34)24-27-42(35,36)8/h32-39H,11-31H2,1-10H3/t32-,33-,34+,35-,36+,37+,38-,39?,42-,43-,44+/m1/s1. The van der Waals surface area contributed by atoms with Gasteiger partial charge in [-0.2, -0.15) is 0 Å². The van der Waals surface area contributed by atoms with Crippen LogP contribution < -0.4 is 0 Å². The predicted molar refractivity (Wildman–Crippen MR) is 206 cm³/mol. The van der Waals surface area contributed by atoms with E-state index in [1.165, 1.54) is 114 Å². The zero-order valence-electron chi connectivity index (χ0n) is 34.1. The van der Waals surface area contributed by atoms with Crippen molar-refractivity contribution < 1.29 is 18.6 Å². The molecule has 1 aliphatic heterocycles. The van der Waals surface area contributed by atoms with E-state index in [0.717, 1.165) is 55.0 Å². The molecule has 11 atom stereocenters. The van der Waals surface area contributed by atoms with Gasteiger partial charge in [-0.25, -0.2) is 0 Å². The molecule has 5 saturated carbocycles. The second kappa shape index (κ2) is 14.7. The summed E-state index contributed by atoms with van der Waals surface area (Å²) in [5.41, 5.74) is 1.39. The third-order valence-corrected chi connectivity index (χ3v) is 22.0. The van der Waals surface area contributed by atoms with Gasteiger partial charge in [0.2, 0.25) is 0 Å². The van der Waals surface area contributed by atoms with Gasteiger partial charge in [-0.05, 0) is 176 Å². The van der Waals surface area contributed by atoms with Gasteiger partial charge in [0.25, 0.3) is 0 Å². The highest BCUT2D eigenvalue weighted by Crippen LogP contribution is 2.82. The Morgan fingerprint density at radius 1 is 0.816 bits per heavy atom. The summed E-state index contributed by atoms with van der Waals surface area (Å²) in [7, 11) is 0.420. The molecule has 1 unspecified atom stereocenters.